The van der Waals surface area contributed by atoms with Gasteiger partial charge in [-0.25, -0.2) is 0 Å². The SMILES string of the molecule is Cc1ccc(OCC(=O)N2CCC3(CC2)CC(N2CCOCC2)CCO3)cc1. The molecule has 154 valence electrons. The topological polar surface area (TPSA) is 51.2 Å². The molecule has 3 heterocycles. The lowest BCUT2D eigenvalue weighted by atomic mass is 9.81. The highest BCUT2D eigenvalue weighted by Crippen LogP contribution is 2.37. The Bertz CT molecular complexity index is 649. The number of benzene rings is 1. The highest BCUT2D eigenvalue weighted by atomic mass is 16.5. The number of ether oxygens (including phenoxy) is 3. The fourth-order valence-electron chi connectivity index (χ4n) is 4.64. The predicted molar refractivity (Wildman–Crippen MR) is 107 cm³/mol. The number of hydrogen-bond acceptors (Lipinski definition) is 5. The van der Waals surface area contributed by atoms with Crippen molar-refractivity contribution in [3.63, 3.8) is 0 Å². The van der Waals surface area contributed by atoms with E-state index in [1.54, 1.807) is 0 Å². The Kier molecular flexibility index (Phi) is 6.19. The molecule has 28 heavy (non-hydrogen) atoms. The van der Waals surface area contributed by atoms with Crippen LogP contribution in [0.25, 0.3) is 0 Å². The van der Waals surface area contributed by atoms with E-state index in [0.717, 1.165) is 77.4 Å². The highest BCUT2D eigenvalue weighted by Gasteiger charge is 2.42. The molecule has 1 spiro atoms. The Labute approximate surface area is 167 Å². The third-order valence-electron chi connectivity index (χ3n) is 6.44. The third kappa shape index (κ3) is 4.67. The number of likely N-dealkylation sites (tertiary alicyclic amines) is 1. The van der Waals surface area contributed by atoms with Gasteiger partial charge in [0, 0.05) is 38.8 Å². The molecule has 0 aromatic heterocycles. The number of aryl methyl sites for hydroxylation is 1. The summed E-state index contributed by atoms with van der Waals surface area (Å²) in [6.07, 6.45) is 4.03. The average Bonchev–Trinajstić information content (AvgIpc) is 2.74. The maximum absolute atomic E-state index is 12.6. The van der Waals surface area contributed by atoms with E-state index < -0.39 is 0 Å². The number of amides is 1. The van der Waals surface area contributed by atoms with Crippen LogP contribution in [0.5, 0.6) is 5.75 Å². The first-order valence-corrected chi connectivity index (χ1v) is 10.6. The van der Waals surface area contributed by atoms with Crippen molar-refractivity contribution in [2.45, 2.75) is 44.2 Å². The molecule has 1 amide bonds. The summed E-state index contributed by atoms with van der Waals surface area (Å²) in [5.74, 6) is 0.812. The Morgan fingerprint density at radius 1 is 1.11 bits per heavy atom. The Balaban J connectivity index is 1.26. The molecule has 4 rings (SSSR count). The van der Waals surface area contributed by atoms with Gasteiger partial charge in [-0.1, -0.05) is 17.7 Å². The van der Waals surface area contributed by atoms with Crippen LogP contribution in [-0.2, 0) is 14.3 Å². The number of carbonyl (C=O) groups excluding carboxylic acids is 1. The van der Waals surface area contributed by atoms with E-state index in [1.165, 1.54) is 5.56 Å². The molecule has 3 fully saturated rings. The summed E-state index contributed by atoms with van der Waals surface area (Å²) in [6, 6.07) is 8.40. The summed E-state index contributed by atoms with van der Waals surface area (Å²) in [4.78, 5) is 17.1. The van der Waals surface area contributed by atoms with Gasteiger partial charge in [0.25, 0.3) is 5.91 Å². The zero-order valence-corrected chi connectivity index (χ0v) is 16.9. The molecule has 3 aliphatic heterocycles. The van der Waals surface area contributed by atoms with Crippen LogP contribution < -0.4 is 4.74 Å². The molecule has 1 atom stereocenters. The lowest BCUT2D eigenvalue weighted by Crippen LogP contribution is -2.56. The second-order valence-corrected chi connectivity index (χ2v) is 8.31. The molecule has 6 nitrogen and oxygen atoms in total. The monoisotopic (exact) mass is 388 g/mol. The minimum atomic E-state index is -0.0597. The molecule has 1 aromatic carbocycles. The average molecular weight is 389 g/mol. The first-order valence-electron chi connectivity index (χ1n) is 10.6. The van der Waals surface area contributed by atoms with Crippen LogP contribution in [0.15, 0.2) is 24.3 Å². The quantitative estimate of drug-likeness (QED) is 0.792. The van der Waals surface area contributed by atoms with Crippen molar-refractivity contribution in [2.75, 3.05) is 52.6 Å². The number of nitrogens with zero attached hydrogens (tertiary/aromatic N) is 2. The zero-order valence-electron chi connectivity index (χ0n) is 16.9. The number of carbonyl (C=O) groups is 1. The molecule has 3 aliphatic rings. The molecule has 3 saturated heterocycles. The van der Waals surface area contributed by atoms with E-state index in [9.17, 15) is 4.79 Å². The van der Waals surface area contributed by atoms with Crippen LogP contribution in [0.4, 0.5) is 0 Å². The van der Waals surface area contributed by atoms with Gasteiger partial charge in [-0.3, -0.25) is 9.69 Å². The summed E-state index contributed by atoms with van der Waals surface area (Å²) in [5, 5.41) is 0. The fraction of sp³-hybridized carbons (Fsp3) is 0.682. The molecule has 0 saturated carbocycles. The van der Waals surface area contributed by atoms with Crippen molar-refractivity contribution in [2.24, 2.45) is 0 Å². The first kappa shape index (κ1) is 19.7. The van der Waals surface area contributed by atoms with E-state index >= 15 is 0 Å². The van der Waals surface area contributed by atoms with Gasteiger partial charge >= 0.3 is 0 Å². The van der Waals surface area contributed by atoms with Crippen molar-refractivity contribution >= 4 is 5.91 Å². The molecule has 0 radical (unpaired) electrons. The highest BCUT2D eigenvalue weighted by molar-refractivity contribution is 5.77. The second-order valence-electron chi connectivity index (χ2n) is 8.31. The van der Waals surface area contributed by atoms with Crippen LogP contribution in [0.2, 0.25) is 0 Å². The largest absolute Gasteiger partial charge is 0.484 e. The van der Waals surface area contributed by atoms with Gasteiger partial charge in [0.15, 0.2) is 6.61 Å². The van der Waals surface area contributed by atoms with Gasteiger partial charge in [-0.05, 0) is 44.7 Å². The minimum Gasteiger partial charge on any atom is -0.484 e. The van der Waals surface area contributed by atoms with E-state index in [4.69, 9.17) is 14.2 Å². The lowest BCUT2D eigenvalue weighted by Gasteiger charge is -2.49. The van der Waals surface area contributed by atoms with Crippen LogP contribution in [0.1, 0.15) is 31.2 Å². The Morgan fingerprint density at radius 3 is 2.54 bits per heavy atom. The minimum absolute atomic E-state index is 0.0597. The van der Waals surface area contributed by atoms with Gasteiger partial charge in [0.05, 0.1) is 18.8 Å². The van der Waals surface area contributed by atoms with Gasteiger partial charge in [-0.2, -0.15) is 0 Å². The number of hydrogen-bond donors (Lipinski definition) is 0. The third-order valence-corrected chi connectivity index (χ3v) is 6.44. The van der Waals surface area contributed by atoms with Crippen molar-refractivity contribution in [3.05, 3.63) is 29.8 Å². The number of morpholine rings is 1. The Hall–Kier alpha value is -1.63. The van der Waals surface area contributed by atoms with Gasteiger partial charge in [0.2, 0.25) is 0 Å². The van der Waals surface area contributed by atoms with Crippen LogP contribution in [0, 0.1) is 6.92 Å². The van der Waals surface area contributed by atoms with Crippen molar-refractivity contribution in [1.82, 2.24) is 9.80 Å². The standard InChI is InChI=1S/C22H32N2O4/c1-18-2-4-20(5-3-18)27-17-21(25)24-9-7-22(8-10-24)16-19(6-13-28-22)23-11-14-26-15-12-23/h2-5,19H,6-17H2,1H3. The molecular formula is C22H32N2O4. The van der Waals surface area contributed by atoms with E-state index in [1.807, 2.05) is 36.1 Å². The molecule has 1 aromatic rings. The maximum atomic E-state index is 12.6. The van der Waals surface area contributed by atoms with Crippen LogP contribution >= 0.6 is 0 Å². The van der Waals surface area contributed by atoms with Crippen molar-refractivity contribution < 1.29 is 19.0 Å². The lowest BCUT2D eigenvalue weighted by molar-refractivity contribution is -0.153. The normalized spacial score (nSPS) is 25.6. The predicted octanol–water partition coefficient (Wildman–Crippen LogP) is 2.25. The number of piperidine rings is 1. The molecule has 6 heteroatoms. The zero-order chi connectivity index (χ0) is 19.4. The maximum Gasteiger partial charge on any atom is 0.260 e. The van der Waals surface area contributed by atoms with Gasteiger partial charge < -0.3 is 19.1 Å². The van der Waals surface area contributed by atoms with Crippen molar-refractivity contribution in [1.29, 1.82) is 0 Å². The summed E-state index contributed by atoms with van der Waals surface area (Å²) < 4.78 is 17.4. The summed E-state index contributed by atoms with van der Waals surface area (Å²) >= 11 is 0. The molecule has 0 aliphatic carbocycles. The molecule has 0 N–H and O–H groups in total. The van der Waals surface area contributed by atoms with Crippen LogP contribution in [-0.4, -0.2) is 80.0 Å². The number of rotatable bonds is 4. The summed E-state index contributed by atoms with van der Waals surface area (Å²) in [7, 11) is 0. The van der Waals surface area contributed by atoms with E-state index in [-0.39, 0.29) is 18.1 Å². The van der Waals surface area contributed by atoms with Crippen LogP contribution in [0.3, 0.4) is 0 Å². The first-order chi connectivity index (χ1) is 13.6. The van der Waals surface area contributed by atoms with Gasteiger partial charge in [-0.15, -0.1) is 0 Å². The molecular weight excluding hydrogens is 356 g/mol. The van der Waals surface area contributed by atoms with Crippen molar-refractivity contribution in [3.8, 4) is 5.75 Å². The molecule has 1 unspecified atom stereocenters. The van der Waals surface area contributed by atoms with Gasteiger partial charge in [0.1, 0.15) is 5.75 Å². The van der Waals surface area contributed by atoms with E-state index in [0.29, 0.717) is 6.04 Å². The van der Waals surface area contributed by atoms with E-state index in [2.05, 4.69) is 4.90 Å². The summed E-state index contributed by atoms with van der Waals surface area (Å²) in [6.45, 7) is 8.22. The smallest absolute Gasteiger partial charge is 0.260 e. The summed E-state index contributed by atoms with van der Waals surface area (Å²) in [5.41, 5.74) is 1.12. The fourth-order valence-corrected chi connectivity index (χ4v) is 4.64. The molecule has 0 bridgehead atoms. The second kappa shape index (κ2) is 8.80. The Morgan fingerprint density at radius 2 is 1.82 bits per heavy atom.